The fourth-order valence-electron chi connectivity index (χ4n) is 2.84. The summed E-state index contributed by atoms with van der Waals surface area (Å²) in [5.74, 6) is 0.805. The number of rotatable bonds is 5. The van der Waals surface area contributed by atoms with Crippen LogP contribution in [0.5, 0.6) is 0 Å². The second-order valence-electron chi connectivity index (χ2n) is 5.83. The molecule has 0 bridgehead atoms. The van der Waals surface area contributed by atoms with E-state index < -0.39 is 0 Å². The van der Waals surface area contributed by atoms with E-state index in [0.29, 0.717) is 0 Å². The first-order valence-electron chi connectivity index (χ1n) is 7.65. The molecule has 0 spiro atoms. The van der Waals surface area contributed by atoms with Crippen LogP contribution in [0.15, 0.2) is 54.6 Å². The second kappa shape index (κ2) is 6.23. The van der Waals surface area contributed by atoms with Gasteiger partial charge in [0.25, 0.3) is 0 Å². The molecule has 1 heteroatoms. The number of aliphatic hydroxyl groups excluding tert-OH is 1. The average molecular weight is 266 g/mol. The molecule has 104 valence electrons. The summed E-state index contributed by atoms with van der Waals surface area (Å²) in [6, 6.07) is 18.9. The Bertz CT molecular complexity index is 525. The highest BCUT2D eigenvalue weighted by molar-refractivity contribution is 5.27. The topological polar surface area (TPSA) is 20.2 Å². The van der Waals surface area contributed by atoms with E-state index in [-0.39, 0.29) is 6.10 Å². The quantitative estimate of drug-likeness (QED) is 0.837. The molecule has 1 unspecified atom stereocenters. The van der Waals surface area contributed by atoms with Crippen molar-refractivity contribution in [3.63, 3.8) is 0 Å². The maximum absolute atomic E-state index is 10.2. The summed E-state index contributed by atoms with van der Waals surface area (Å²) in [5.41, 5.74) is 3.82. The molecule has 20 heavy (non-hydrogen) atoms. The van der Waals surface area contributed by atoms with Crippen molar-refractivity contribution in [2.24, 2.45) is 0 Å². The SMILES string of the molecule is OC(CCc1ccc(C2CCC2)cc1)c1ccccc1. The van der Waals surface area contributed by atoms with Crippen LogP contribution in [0.25, 0.3) is 0 Å². The summed E-state index contributed by atoms with van der Waals surface area (Å²) < 4.78 is 0. The van der Waals surface area contributed by atoms with E-state index in [1.165, 1.54) is 30.4 Å². The van der Waals surface area contributed by atoms with Crippen LogP contribution in [0.2, 0.25) is 0 Å². The van der Waals surface area contributed by atoms with Gasteiger partial charge >= 0.3 is 0 Å². The molecule has 1 aliphatic carbocycles. The lowest BCUT2D eigenvalue weighted by Gasteiger charge is -2.25. The minimum Gasteiger partial charge on any atom is -0.388 e. The second-order valence-corrected chi connectivity index (χ2v) is 5.83. The summed E-state index contributed by atoms with van der Waals surface area (Å²) in [6.07, 6.45) is 5.45. The molecule has 0 amide bonds. The van der Waals surface area contributed by atoms with Crippen molar-refractivity contribution in [1.82, 2.24) is 0 Å². The van der Waals surface area contributed by atoms with E-state index in [4.69, 9.17) is 0 Å². The van der Waals surface area contributed by atoms with Crippen molar-refractivity contribution >= 4 is 0 Å². The van der Waals surface area contributed by atoms with Crippen LogP contribution in [-0.4, -0.2) is 5.11 Å². The van der Waals surface area contributed by atoms with Gasteiger partial charge in [0.15, 0.2) is 0 Å². The van der Waals surface area contributed by atoms with Crippen molar-refractivity contribution in [2.75, 3.05) is 0 Å². The summed E-state index contributed by atoms with van der Waals surface area (Å²) in [6.45, 7) is 0. The molecule has 3 rings (SSSR count). The van der Waals surface area contributed by atoms with E-state index in [1.807, 2.05) is 30.3 Å². The Morgan fingerprint density at radius 1 is 0.950 bits per heavy atom. The molecule has 0 radical (unpaired) electrons. The van der Waals surface area contributed by atoms with Crippen LogP contribution < -0.4 is 0 Å². The van der Waals surface area contributed by atoms with Crippen molar-refractivity contribution < 1.29 is 5.11 Å². The number of aryl methyl sites for hydroxylation is 1. The fraction of sp³-hybridized carbons (Fsp3) is 0.368. The first-order chi connectivity index (χ1) is 9.83. The van der Waals surface area contributed by atoms with Crippen LogP contribution in [0, 0.1) is 0 Å². The van der Waals surface area contributed by atoms with Gasteiger partial charge in [0, 0.05) is 0 Å². The van der Waals surface area contributed by atoms with E-state index in [9.17, 15) is 5.11 Å². The lowest BCUT2D eigenvalue weighted by Crippen LogP contribution is -2.08. The van der Waals surface area contributed by atoms with E-state index in [2.05, 4.69) is 24.3 Å². The van der Waals surface area contributed by atoms with Crippen LogP contribution in [0.1, 0.15) is 54.4 Å². The minimum atomic E-state index is -0.359. The highest BCUT2D eigenvalue weighted by Crippen LogP contribution is 2.36. The minimum absolute atomic E-state index is 0.359. The molecular formula is C19H22O. The Morgan fingerprint density at radius 2 is 1.65 bits per heavy atom. The Labute approximate surface area is 121 Å². The van der Waals surface area contributed by atoms with Crippen LogP contribution in [0.3, 0.4) is 0 Å². The zero-order chi connectivity index (χ0) is 13.8. The molecule has 1 nitrogen and oxygen atoms in total. The van der Waals surface area contributed by atoms with Gasteiger partial charge in [-0.2, -0.15) is 0 Å². The van der Waals surface area contributed by atoms with Crippen molar-refractivity contribution in [3.8, 4) is 0 Å². The predicted molar refractivity (Wildman–Crippen MR) is 82.8 cm³/mol. The third kappa shape index (κ3) is 3.10. The van der Waals surface area contributed by atoms with Gasteiger partial charge in [0.1, 0.15) is 0 Å². The average Bonchev–Trinajstić information content (AvgIpc) is 2.45. The molecule has 1 atom stereocenters. The lowest BCUT2D eigenvalue weighted by molar-refractivity contribution is 0.168. The highest BCUT2D eigenvalue weighted by Gasteiger charge is 2.18. The van der Waals surface area contributed by atoms with Crippen LogP contribution in [-0.2, 0) is 6.42 Å². The van der Waals surface area contributed by atoms with Gasteiger partial charge in [-0.3, -0.25) is 0 Å². The lowest BCUT2D eigenvalue weighted by atomic mass is 9.80. The van der Waals surface area contributed by atoms with Gasteiger partial charge in [0.2, 0.25) is 0 Å². The molecule has 0 saturated heterocycles. The van der Waals surface area contributed by atoms with Gasteiger partial charge in [-0.25, -0.2) is 0 Å². The summed E-state index contributed by atoms with van der Waals surface area (Å²) in [4.78, 5) is 0. The smallest absolute Gasteiger partial charge is 0.0793 e. The standard InChI is InChI=1S/C19H22O/c20-19(18-5-2-1-3-6-18)14-11-15-9-12-17(13-10-15)16-7-4-8-16/h1-3,5-6,9-10,12-13,16,19-20H,4,7-8,11,14H2. The summed E-state index contributed by atoms with van der Waals surface area (Å²) in [5, 5.41) is 10.2. The first-order valence-corrected chi connectivity index (χ1v) is 7.65. The monoisotopic (exact) mass is 266 g/mol. The van der Waals surface area contributed by atoms with Gasteiger partial charge in [0.05, 0.1) is 6.10 Å². The molecule has 2 aromatic carbocycles. The zero-order valence-corrected chi connectivity index (χ0v) is 11.8. The Kier molecular flexibility index (Phi) is 4.17. The van der Waals surface area contributed by atoms with Crippen LogP contribution in [0.4, 0.5) is 0 Å². The van der Waals surface area contributed by atoms with Crippen molar-refractivity contribution in [3.05, 3.63) is 71.3 Å². The molecule has 0 aliphatic heterocycles. The van der Waals surface area contributed by atoms with Gasteiger partial charge < -0.3 is 5.11 Å². The third-order valence-corrected chi connectivity index (χ3v) is 4.45. The summed E-state index contributed by atoms with van der Waals surface area (Å²) in [7, 11) is 0. The van der Waals surface area contributed by atoms with Crippen molar-refractivity contribution in [2.45, 2.75) is 44.1 Å². The maximum Gasteiger partial charge on any atom is 0.0793 e. The van der Waals surface area contributed by atoms with Gasteiger partial charge in [-0.05, 0) is 48.3 Å². The molecule has 1 aliphatic rings. The van der Waals surface area contributed by atoms with Crippen LogP contribution >= 0.6 is 0 Å². The number of hydrogen-bond acceptors (Lipinski definition) is 1. The highest BCUT2D eigenvalue weighted by atomic mass is 16.3. The normalized spacial score (nSPS) is 16.6. The fourth-order valence-corrected chi connectivity index (χ4v) is 2.84. The first kappa shape index (κ1) is 13.4. The zero-order valence-electron chi connectivity index (χ0n) is 11.8. The number of benzene rings is 2. The van der Waals surface area contributed by atoms with E-state index in [0.717, 1.165) is 24.3 Å². The molecule has 0 aromatic heterocycles. The Hall–Kier alpha value is -1.60. The molecule has 1 saturated carbocycles. The summed E-state index contributed by atoms with van der Waals surface area (Å²) >= 11 is 0. The Morgan fingerprint density at radius 3 is 2.25 bits per heavy atom. The number of hydrogen-bond donors (Lipinski definition) is 1. The van der Waals surface area contributed by atoms with Crippen molar-refractivity contribution in [1.29, 1.82) is 0 Å². The number of aliphatic hydroxyl groups is 1. The largest absolute Gasteiger partial charge is 0.388 e. The molecule has 1 fully saturated rings. The molecule has 1 N–H and O–H groups in total. The molecule has 2 aromatic rings. The Balaban J connectivity index is 1.55. The third-order valence-electron chi connectivity index (χ3n) is 4.45. The maximum atomic E-state index is 10.2. The van der Waals surface area contributed by atoms with Gasteiger partial charge in [-0.15, -0.1) is 0 Å². The molecular weight excluding hydrogens is 244 g/mol. The van der Waals surface area contributed by atoms with Gasteiger partial charge in [-0.1, -0.05) is 61.0 Å². The van der Waals surface area contributed by atoms with E-state index >= 15 is 0 Å². The van der Waals surface area contributed by atoms with E-state index in [1.54, 1.807) is 0 Å². The predicted octanol–water partition coefficient (Wildman–Crippen LogP) is 4.62. The molecule has 0 heterocycles.